The number of amides is 1. The molecule has 128 valence electrons. The largest absolute Gasteiger partial charge is 0.465 e. The van der Waals surface area contributed by atoms with Crippen molar-refractivity contribution in [3.05, 3.63) is 22.5 Å². The Morgan fingerprint density at radius 2 is 1.70 bits per heavy atom. The summed E-state index contributed by atoms with van der Waals surface area (Å²) < 4.78 is 9.86. The minimum atomic E-state index is -0.952. The first-order valence-corrected chi connectivity index (χ1v) is 7.28. The lowest BCUT2D eigenvalue weighted by Crippen LogP contribution is -2.46. The zero-order valence-corrected chi connectivity index (χ0v) is 14.6. The highest BCUT2D eigenvalue weighted by molar-refractivity contribution is 5.99. The molecule has 7 heteroatoms. The molecule has 0 unspecified atom stereocenters. The van der Waals surface area contributed by atoms with Gasteiger partial charge in [0.05, 0.1) is 12.7 Å². The van der Waals surface area contributed by atoms with E-state index in [9.17, 15) is 14.4 Å². The third kappa shape index (κ3) is 4.58. The van der Waals surface area contributed by atoms with E-state index < -0.39 is 23.6 Å². The van der Waals surface area contributed by atoms with Crippen LogP contribution in [0.1, 0.15) is 59.8 Å². The predicted octanol–water partition coefficient (Wildman–Crippen LogP) is 1.88. The first-order chi connectivity index (χ1) is 10.5. The van der Waals surface area contributed by atoms with E-state index in [2.05, 4.69) is 15.0 Å². The number of carbonyl (C=O) groups is 3. The number of hydrogen-bond acceptors (Lipinski definition) is 5. The molecule has 2 N–H and O–H groups in total. The van der Waals surface area contributed by atoms with E-state index in [1.165, 1.54) is 14.0 Å². The Morgan fingerprint density at radius 1 is 1.13 bits per heavy atom. The fourth-order valence-corrected chi connectivity index (χ4v) is 2.11. The molecule has 1 rings (SSSR count). The summed E-state index contributed by atoms with van der Waals surface area (Å²) in [6.07, 6.45) is -0.952. The normalized spacial score (nSPS) is 12.5. The van der Waals surface area contributed by atoms with Gasteiger partial charge in [-0.15, -0.1) is 0 Å². The van der Waals surface area contributed by atoms with Crippen molar-refractivity contribution in [2.24, 2.45) is 0 Å². The van der Waals surface area contributed by atoms with Crippen molar-refractivity contribution in [1.82, 2.24) is 10.3 Å². The van der Waals surface area contributed by atoms with Gasteiger partial charge in [-0.1, -0.05) is 0 Å². The Bertz CT molecular complexity index is 625. The Morgan fingerprint density at radius 3 is 2.17 bits per heavy atom. The van der Waals surface area contributed by atoms with E-state index in [0.29, 0.717) is 16.8 Å². The first kappa shape index (κ1) is 18.7. The number of hydrogen-bond donors (Lipinski definition) is 2. The van der Waals surface area contributed by atoms with E-state index >= 15 is 0 Å². The second-order valence-corrected chi connectivity index (χ2v) is 6.40. The van der Waals surface area contributed by atoms with Gasteiger partial charge in [0, 0.05) is 11.2 Å². The van der Waals surface area contributed by atoms with E-state index in [0.717, 1.165) is 0 Å². The molecule has 1 heterocycles. The van der Waals surface area contributed by atoms with Crippen molar-refractivity contribution in [1.29, 1.82) is 0 Å². The van der Waals surface area contributed by atoms with Gasteiger partial charge in [-0.2, -0.15) is 0 Å². The van der Waals surface area contributed by atoms with Crippen LogP contribution in [-0.4, -0.2) is 41.6 Å². The van der Waals surface area contributed by atoms with E-state index in [-0.39, 0.29) is 11.6 Å². The van der Waals surface area contributed by atoms with E-state index in [1.54, 1.807) is 13.8 Å². The van der Waals surface area contributed by atoms with Crippen LogP contribution >= 0.6 is 0 Å². The van der Waals surface area contributed by atoms with Crippen molar-refractivity contribution in [2.45, 2.75) is 53.2 Å². The van der Waals surface area contributed by atoms with Crippen molar-refractivity contribution in [2.75, 3.05) is 7.11 Å². The topological polar surface area (TPSA) is 97.5 Å². The highest BCUT2D eigenvalue weighted by Crippen LogP contribution is 2.20. The van der Waals surface area contributed by atoms with Gasteiger partial charge in [-0.25, -0.2) is 9.59 Å². The number of ether oxygens (including phenoxy) is 2. The van der Waals surface area contributed by atoms with Crippen molar-refractivity contribution < 1.29 is 23.9 Å². The maximum atomic E-state index is 12.2. The minimum Gasteiger partial charge on any atom is -0.465 e. The molecule has 0 saturated heterocycles. The maximum absolute atomic E-state index is 12.2. The summed E-state index contributed by atoms with van der Waals surface area (Å²) in [6.45, 7) is 10.3. The highest BCUT2D eigenvalue weighted by atomic mass is 16.5. The van der Waals surface area contributed by atoms with Crippen LogP contribution in [0.2, 0.25) is 0 Å². The first-order valence-electron chi connectivity index (χ1n) is 7.28. The maximum Gasteiger partial charge on any atom is 0.355 e. The van der Waals surface area contributed by atoms with Gasteiger partial charge in [0.25, 0.3) is 5.91 Å². The predicted molar refractivity (Wildman–Crippen MR) is 84.4 cm³/mol. The van der Waals surface area contributed by atoms with Gasteiger partial charge >= 0.3 is 11.9 Å². The molecule has 0 radical (unpaired) electrons. The molecule has 1 atom stereocenters. The van der Waals surface area contributed by atoms with Crippen LogP contribution in [0.25, 0.3) is 0 Å². The number of rotatable bonds is 4. The van der Waals surface area contributed by atoms with Gasteiger partial charge in [0.15, 0.2) is 6.10 Å². The second kappa shape index (κ2) is 6.85. The molecule has 1 aromatic rings. The van der Waals surface area contributed by atoms with Crippen LogP contribution in [-0.2, 0) is 14.3 Å². The molecule has 23 heavy (non-hydrogen) atoms. The quantitative estimate of drug-likeness (QED) is 0.824. The number of carbonyl (C=O) groups excluding carboxylic acids is 3. The Kier molecular flexibility index (Phi) is 5.58. The number of methoxy groups -OCH3 is 1. The third-order valence-electron chi connectivity index (χ3n) is 3.18. The Labute approximate surface area is 135 Å². The lowest BCUT2D eigenvalue weighted by atomic mass is 10.1. The average Bonchev–Trinajstić information content (AvgIpc) is 2.71. The smallest absolute Gasteiger partial charge is 0.355 e. The van der Waals surface area contributed by atoms with Gasteiger partial charge in [0.1, 0.15) is 5.69 Å². The number of nitrogens with one attached hydrogen (secondary N) is 2. The molecule has 0 aromatic carbocycles. The number of aryl methyl sites for hydroxylation is 1. The van der Waals surface area contributed by atoms with Gasteiger partial charge in [-0.05, 0) is 47.1 Å². The summed E-state index contributed by atoms with van der Waals surface area (Å²) in [4.78, 5) is 38.7. The molecular formula is C16H24N2O5. The summed E-state index contributed by atoms with van der Waals surface area (Å²) in [6, 6.07) is 0. The molecule has 0 saturated carbocycles. The van der Waals surface area contributed by atoms with E-state index in [4.69, 9.17) is 4.74 Å². The molecule has 0 aliphatic heterocycles. The summed E-state index contributed by atoms with van der Waals surface area (Å²) in [5.41, 5.74) is 0.954. The molecular weight excluding hydrogens is 300 g/mol. The molecule has 1 aromatic heterocycles. The molecule has 7 nitrogen and oxygen atoms in total. The molecule has 0 aliphatic carbocycles. The van der Waals surface area contributed by atoms with Crippen LogP contribution in [0.3, 0.4) is 0 Å². The second-order valence-electron chi connectivity index (χ2n) is 6.40. The van der Waals surface area contributed by atoms with Crippen LogP contribution in [0.15, 0.2) is 0 Å². The molecule has 0 spiro atoms. The average molecular weight is 324 g/mol. The summed E-state index contributed by atoms with van der Waals surface area (Å²) in [5.74, 6) is -1.62. The third-order valence-corrected chi connectivity index (χ3v) is 3.18. The van der Waals surface area contributed by atoms with Gasteiger partial charge < -0.3 is 19.8 Å². The van der Waals surface area contributed by atoms with Crippen molar-refractivity contribution >= 4 is 17.8 Å². The Hall–Kier alpha value is -2.31. The monoisotopic (exact) mass is 324 g/mol. The van der Waals surface area contributed by atoms with E-state index in [1.807, 2.05) is 20.8 Å². The standard InChI is InChI=1S/C16H24N2O5/c1-8-11(14(20)22-7)9(2)17-12(8)15(21)23-10(3)13(19)18-16(4,5)6/h10,17H,1-7H3,(H,18,19)/t10-/m0/s1. The van der Waals surface area contributed by atoms with Gasteiger partial charge in [-0.3, -0.25) is 4.79 Å². The molecule has 0 aliphatic rings. The fraction of sp³-hybridized carbons (Fsp3) is 0.562. The molecule has 1 amide bonds. The van der Waals surface area contributed by atoms with Crippen molar-refractivity contribution in [3.8, 4) is 0 Å². The SMILES string of the molecule is COC(=O)c1c(C)[nH]c(C(=O)O[C@@H](C)C(=O)NC(C)(C)C)c1C. The lowest BCUT2D eigenvalue weighted by molar-refractivity contribution is -0.130. The summed E-state index contributed by atoms with van der Waals surface area (Å²) in [7, 11) is 1.27. The summed E-state index contributed by atoms with van der Waals surface area (Å²) >= 11 is 0. The van der Waals surface area contributed by atoms with Crippen molar-refractivity contribution in [3.63, 3.8) is 0 Å². The summed E-state index contributed by atoms with van der Waals surface area (Å²) in [5, 5.41) is 2.73. The van der Waals surface area contributed by atoms with Crippen LogP contribution in [0.5, 0.6) is 0 Å². The molecule has 0 fully saturated rings. The zero-order chi connectivity index (χ0) is 17.9. The Balaban J connectivity index is 2.91. The number of H-pyrrole nitrogens is 1. The van der Waals surface area contributed by atoms with Crippen LogP contribution < -0.4 is 5.32 Å². The lowest BCUT2D eigenvalue weighted by Gasteiger charge is -2.23. The van der Waals surface area contributed by atoms with Gasteiger partial charge in [0.2, 0.25) is 0 Å². The zero-order valence-electron chi connectivity index (χ0n) is 14.6. The number of aromatic nitrogens is 1. The fourth-order valence-electron chi connectivity index (χ4n) is 2.11. The number of esters is 2. The highest BCUT2D eigenvalue weighted by Gasteiger charge is 2.27. The van der Waals surface area contributed by atoms with Crippen LogP contribution in [0, 0.1) is 13.8 Å². The minimum absolute atomic E-state index is 0.137. The molecule has 0 bridgehead atoms. The number of aromatic amines is 1. The van der Waals surface area contributed by atoms with Crippen LogP contribution in [0.4, 0.5) is 0 Å².